The molecule has 0 bridgehead atoms. The number of hydrazine groups is 3. The maximum atomic E-state index is 6.08. The molecule has 3 rings (SSSR count). The number of anilines is 1. The standard InChI is InChI=1S/C13H20N10O/c1-24-11-6-4-10(5-7-11)9-23-13(17-20-21-23)22(14)8-2-3-12-15-18-19-16-12/h4-7,18-19H,2-3,8-9,14H2,1H3,(H,15,16). The smallest absolute Gasteiger partial charge is 0.260 e. The van der Waals surface area contributed by atoms with Gasteiger partial charge in [-0.3, -0.25) is 10.4 Å². The average Bonchev–Trinajstić information content (AvgIpc) is 3.27. The van der Waals surface area contributed by atoms with Crippen LogP contribution in [0.25, 0.3) is 0 Å². The van der Waals surface area contributed by atoms with E-state index < -0.39 is 0 Å². The summed E-state index contributed by atoms with van der Waals surface area (Å²) < 4.78 is 6.82. The number of nitrogens with zero attached hydrogens (tertiary/aromatic N) is 6. The van der Waals surface area contributed by atoms with Crippen LogP contribution in [0.2, 0.25) is 0 Å². The summed E-state index contributed by atoms with van der Waals surface area (Å²) in [5, 5.41) is 17.3. The maximum absolute atomic E-state index is 6.08. The van der Waals surface area contributed by atoms with Crippen LogP contribution in [0.15, 0.2) is 29.4 Å². The molecule has 11 heteroatoms. The van der Waals surface area contributed by atoms with Crippen molar-refractivity contribution in [2.24, 2.45) is 10.9 Å². The van der Waals surface area contributed by atoms with E-state index in [-0.39, 0.29) is 0 Å². The van der Waals surface area contributed by atoms with Gasteiger partial charge in [-0.25, -0.2) is 16.1 Å². The number of aromatic nitrogens is 4. The summed E-state index contributed by atoms with van der Waals surface area (Å²) in [4.78, 5) is 0. The second kappa shape index (κ2) is 7.57. The third-order valence-corrected chi connectivity index (χ3v) is 3.53. The maximum Gasteiger partial charge on any atom is 0.260 e. The van der Waals surface area contributed by atoms with Crippen LogP contribution < -0.4 is 32.1 Å². The molecule has 2 heterocycles. The number of rotatable bonds is 8. The van der Waals surface area contributed by atoms with Gasteiger partial charge in [0.15, 0.2) is 0 Å². The minimum Gasteiger partial charge on any atom is -0.497 e. The topological polar surface area (TPSA) is 131 Å². The van der Waals surface area contributed by atoms with Crippen molar-refractivity contribution in [3.63, 3.8) is 0 Å². The Morgan fingerprint density at radius 1 is 1.29 bits per heavy atom. The number of methoxy groups -OCH3 is 1. The molecule has 1 aliphatic heterocycles. The van der Waals surface area contributed by atoms with Crippen LogP contribution in [-0.2, 0) is 6.54 Å². The Kier molecular flexibility index (Phi) is 5.03. The van der Waals surface area contributed by atoms with Crippen molar-refractivity contribution in [1.82, 2.24) is 36.7 Å². The first-order valence-electron chi connectivity index (χ1n) is 7.50. The Labute approximate surface area is 138 Å². The third kappa shape index (κ3) is 3.88. The van der Waals surface area contributed by atoms with Crippen LogP contribution in [-0.4, -0.2) is 39.7 Å². The molecule has 24 heavy (non-hydrogen) atoms. The molecule has 0 unspecified atom stereocenters. The molecule has 1 aliphatic rings. The van der Waals surface area contributed by atoms with Crippen molar-refractivity contribution >= 4 is 11.8 Å². The summed E-state index contributed by atoms with van der Waals surface area (Å²) in [5.41, 5.74) is 9.26. The molecule has 1 aromatic heterocycles. The zero-order valence-electron chi connectivity index (χ0n) is 13.3. The van der Waals surface area contributed by atoms with Crippen molar-refractivity contribution in [2.75, 3.05) is 18.7 Å². The van der Waals surface area contributed by atoms with Crippen LogP contribution in [0.3, 0.4) is 0 Å². The number of amidine groups is 1. The van der Waals surface area contributed by atoms with Crippen molar-refractivity contribution in [1.29, 1.82) is 0 Å². The largest absolute Gasteiger partial charge is 0.497 e. The summed E-state index contributed by atoms with van der Waals surface area (Å²) in [7, 11) is 1.64. The molecule has 0 amide bonds. The lowest BCUT2D eigenvalue weighted by Crippen LogP contribution is -2.37. The quantitative estimate of drug-likeness (QED) is 0.359. The number of hydrogen-bond acceptors (Lipinski definition) is 10. The van der Waals surface area contributed by atoms with E-state index in [4.69, 9.17) is 10.6 Å². The van der Waals surface area contributed by atoms with E-state index in [9.17, 15) is 0 Å². The molecule has 0 atom stereocenters. The third-order valence-electron chi connectivity index (χ3n) is 3.53. The van der Waals surface area contributed by atoms with Gasteiger partial charge in [0.2, 0.25) is 0 Å². The van der Waals surface area contributed by atoms with Gasteiger partial charge in [-0.15, -0.1) is 10.6 Å². The zero-order valence-corrected chi connectivity index (χ0v) is 13.3. The zero-order chi connectivity index (χ0) is 16.8. The highest BCUT2D eigenvalue weighted by molar-refractivity contribution is 5.82. The molecule has 0 radical (unpaired) electrons. The number of nitrogens with one attached hydrogen (secondary N) is 3. The van der Waals surface area contributed by atoms with E-state index in [2.05, 4.69) is 37.1 Å². The SMILES string of the molecule is COc1ccc(Cn2nnnc2N(N)CCCC2=NNNN2)cc1. The summed E-state index contributed by atoms with van der Waals surface area (Å²) in [6.07, 6.45) is 1.56. The fourth-order valence-electron chi connectivity index (χ4n) is 2.27. The van der Waals surface area contributed by atoms with Gasteiger partial charge in [0.25, 0.3) is 5.95 Å². The van der Waals surface area contributed by atoms with E-state index in [1.807, 2.05) is 24.3 Å². The summed E-state index contributed by atoms with van der Waals surface area (Å²) in [6, 6.07) is 7.73. The molecule has 0 fully saturated rings. The van der Waals surface area contributed by atoms with Gasteiger partial charge < -0.3 is 4.74 Å². The predicted molar refractivity (Wildman–Crippen MR) is 87.5 cm³/mol. The van der Waals surface area contributed by atoms with E-state index in [1.165, 1.54) is 0 Å². The van der Waals surface area contributed by atoms with E-state index in [1.54, 1.807) is 16.8 Å². The van der Waals surface area contributed by atoms with Crippen LogP contribution in [0.5, 0.6) is 5.75 Å². The molecule has 0 saturated carbocycles. The number of tetrazole rings is 1. The van der Waals surface area contributed by atoms with Crippen LogP contribution in [0, 0.1) is 0 Å². The highest BCUT2D eigenvalue weighted by Crippen LogP contribution is 2.14. The first-order valence-corrected chi connectivity index (χ1v) is 7.50. The molecular weight excluding hydrogens is 312 g/mol. The molecule has 5 N–H and O–H groups in total. The summed E-state index contributed by atoms with van der Waals surface area (Å²) in [6.45, 7) is 1.13. The lowest BCUT2D eigenvalue weighted by molar-refractivity contribution is 0.414. The molecule has 1 aromatic carbocycles. The average molecular weight is 332 g/mol. The lowest BCUT2D eigenvalue weighted by Gasteiger charge is -2.17. The second-order valence-electron chi connectivity index (χ2n) is 5.20. The summed E-state index contributed by atoms with van der Waals surface area (Å²) >= 11 is 0. The minimum atomic E-state index is 0.517. The van der Waals surface area contributed by atoms with Gasteiger partial charge in [0.05, 0.1) is 13.7 Å². The Morgan fingerprint density at radius 2 is 2.12 bits per heavy atom. The van der Waals surface area contributed by atoms with Crippen LogP contribution >= 0.6 is 0 Å². The van der Waals surface area contributed by atoms with Gasteiger partial charge in [-0.05, 0) is 34.5 Å². The Hall–Kier alpha value is -2.92. The van der Waals surface area contributed by atoms with Gasteiger partial charge in [-0.1, -0.05) is 17.2 Å². The first kappa shape index (κ1) is 16.0. The molecule has 11 nitrogen and oxygen atoms in total. The Morgan fingerprint density at radius 3 is 2.83 bits per heavy atom. The Balaban J connectivity index is 1.56. The highest BCUT2D eigenvalue weighted by Gasteiger charge is 2.13. The van der Waals surface area contributed by atoms with E-state index >= 15 is 0 Å². The van der Waals surface area contributed by atoms with Gasteiger partial charge in [0, 0.05) is 13.0 Å². The predicted octanol–water partition coefficient (Wildman–Crippen LogP) is -0.884. The van der Waals surface area contributed by atoms with Crippen LogP contribution in [0.1, 0.15) is 18.4 Å². The lowest BCUT2D eigenvalue weighted by atomic mass is 10.2. The van der Waals surface area contributed by atoms with Gasteiger partial charge in [0.1, 0.15) is 11.6 Å². The molecule has 128 valence electrons. The van der Waals surface area contributed by atoms with Gasteiger partial charge >= 0.3 is 0 Å². The number of hydrazone groups is 1. The van der Waals surface area contributed by atoms with Crippen LogP contribution in [0.4, 0.5) is 5.95 Å². The molecule has 0 spiro atoms. The van der Waals surface area contributed by atoms with Gasteiger partial charge in [-0.2, -0.15) is 0 Å². The highest BCUT2D eigenvalue weighted by atomic mass is 16.5. The molecule has 0 aliphatic carbocycles. The molecular formula is C13H20N10O. The monoisotopic (exact) mass is 332 g/mol. The van der Waals surface area contributed by atoms with E-state index in [0.29, 0.717) is 19.0 Å². The normalized spacial score (nSPS) is 13.2. The second-order valence-corrected chi connectivity index (χ2v) is 5.20. The number of benzene rings is 1. The number of ether oxygens (including phenoxy) is 1. The van der Waals surface area contributed by atoms with Crippen molar-refractivity contribution in [3.05, 3.63) is 29.8 Å². The fraction of sp³-hybridized carbons (Fsp3) is 0.385. The molecule has 2 aromatic rings. The van der Waals surface area contributed by atoms with Crippen molar-refractivity contribution < 1.29 is 4.74 Å². The number of nitrogens with two attached hydrogens (primary N) is 1. The van der Waals surface area contributed by atoms with E-state index in [0.717, 1.165) is 30.0 Å². The first-order chi connectivity index (χ1) is 11.8. The Bertz CT molecular complexity index is 682. The van der Waals surface area contributed by atoms with Crippen molar-refractivity contribution in [3.8, 4) is 5.75 Å². The number of hydrogen-bond donors (Lipinski definition) is 4. The molecule has 0 saturated heterocycles. The minimum absolute atomic E-state index is 0.517. The summed E-state index contributed by atoms with van der Waals surface area (Å²) in [5.74, 6) is 8.24. The fourth-order valence-corrected chi connectivity index (χ4v) is 2.27. The van der Waals surface area contributed by atoms with Crippen molar-refractivity contribution in [2.45, 2.75) is 19.4 Å².